The highest BCUT2D eigenvalue weighted by atomic mass is 32.1. The normalized spacial score (nSPS) is 11.4. The first-order valence-electron chi connectivity index (χ1n) is 7.63. The summed E-state index contributed by atoms with van der Waals surface area (Å²) in [4.78, 5) is 21.4. The van der Waals surface area contributed by atoms with Gasteiger partial charge in [0.25, 0.3) is 5.69 Å². The maximum atomic E-state index is 10.7. The predicted octanol–water partition coefficient (Wildman–Crippen LogP) is 2.96. The van der Waals surface area contributed by atoms with Gasteiger partial charge in [-0.3, -0.25) is 10.1 Å². The standard InChI is InChI=1S/C16H21N5O2S/c1-4-17-16(20(3)10-14-11-24-12(2)19-14)18-9-13-5-7-15(8-6-13)21(22)23/h5-8,11H,4,9-10H2,1-3H3,(H,17,18). The number of nitrogens with one attached hydrogen (secondary N) is 1. The topological polar surface area (TPSA) is 83.7 Å². The number of nitrogens with zero attached hydrogens (tertiary/aromatic N) is 4. The lowest BCUT2D eigenvalue weighted by molar-refractivity contribution is -0.384. The SMILES string of the molecule is CCNC(=NCc1ccc([N+](=O)[O-])cc1)N(C)Cc1csc(C)n1. The van der Waals surface area contributed by atoms with Crippen LogP contribution in [0.4, 0.5) is 5.69 Å². The number of aryl methyl sites for hydroxylation is 1. The van der Waals surface area contributed by atoms with Gasteiger partial charge in [-0.2, -0.15) is 0 Å². The zero-order chi connectivity index (χ0) is 17.5. The Morgan fingerprint density at radius 1 is 1.42 bits per heavy atom. The van der Waals surface area contributed by atoms with Crippen molar-refractivity contribution in [3.05, 3.63) is 56.0 Å². The first-order chi connectivity index (χ1) is 11.5. The van der Waals surface area contributed by atoms with E-state index in [-0.39, 0.29) is 5.69 Å². The lowest BCUT2D eigenvalue weighted by atomic mass is 10.2. The first-order valence-corrected chi connectivity index (χ1v) is 8.51. The molecule has 2 aromatic rings. The zero-order valence-corrected chi connectivity index (χ0v) is 14.8. The average Bonchev–Trinajstić information content (AvgIpc) is 2.96. The summed E-state index contributed by atoms with van der Waals surface area (Å²) in [6.45, 7) is 5.90. The number of rotatable bonds is 6. The number of benzene rings is 1. The second-order valence-corrected chi connectivity index (χ2v) is 6.37. The molecule has 0 aliphatic rings. The van der Waals surface area contributed by atoms with Gasteiger partial charge in [0.1, 0.15) is 0 Å². The third-order valence-electron chi connectivity index (χ3n) is 3.32. The van der Waals surface area contributed by atoms with Gasteiger partial charge in [-0.15, -0.1) is 11.3 Å². The Morgan fingerprint density at radius 2 is 2.12 bits per heavy atom. The zero-order valence-electron chi connectivity index (χ0n) is 14.0. The number of guanidine groups is 1. The molecule has 0 bridgehead atoms. The minimum Gasteiger partial charge on any atom is -0.357 e. The summed E-state index contributed by atoms with van der Waals surface area (Å²) in [5.74, 6) is 0.779. The summed E-state index contributed by atoms with van der Waals surface area (Å²) in [5.41, 5.74) is 2.03. The van der Waals surface area contributed by atoms with Gasteiger partial charge in [-0.25, -0.2) is 9.98 Å². The Labute approximate surface area is 145 Å². The van der Waals surface area contributed by atoms with Crippen LogP contribution in [-0.4, -0.2) is 34.4 Å². The van der Waals surface area contributed by atoms with E-state index in [1.807, 2.05) is 31.2 Å². The summed E-state index contributed by atoms with van der Waals surface area (Å²) in [7, 11) is 1.96. The molecule has 2 rings (SSSR count). The third-order valence-corrected chi connectivity index (χ3v) is 4.14. The Bertz CT molecular complexity index is 712. The average molecular weight is 347 g/mol. The van der Waals surface area contributed by atoms with Crippen LogP contribution in [0.25, 0.3) is 0 Å². The van der Waals surface area contributed by atoms with E-state index in [1.54, 1.807) is 23.5 Å². The van der Waals surface area contributed by atoms with Crippen molar-refractivity contribution in [2.45, 2.75) is 26.9 Å². The van der Waals surface area contributed by atoms with Crippen molar-refractivity contribution in [3.63, 3.8) is 0 Å². The molecule has 0 radical (unpaired) electrons. The molecule has 0 spiro atoms. The number of nitro benzene ring substituents is 1. The highest BCUT2D eigenvalue weighted by Crippen LogP contribution is 2.13. The number of aliphatic imine (C=N–C) groups is 1. The van der Waals surface area contributed by atoms with Crippen molar-refractivity contribution < 1.29 is 4.92 Å². The van der Waals surface area contributed by atoms with E-state index in [1.165, 1.54) is 12.1 Å². The molecule has 1 heterocycles. The van der Waals surface area contributed by atoms with Gasteiger partial charge in [0.05, 0.1) is 28.7 Å². The van der Waals surface area contributed by atoms with Gasteiger partial charge >= 0.3 is 0 Å². The molecule has 0 atom stereocenters. The number of hydrogen-bond acceptors (Lipinski definition) is 5. The van der Waals surface area contributed by atoms with Crippen molar-refractivity contribution in [1.82, 2.24) is 15.2 Å². The van der Waals surface area contributed by atoms with Crippen LogP contribution in [0.15, 0.2) is 34.6 Å². The van der Waals surface area contributed by atoms with Crippen LogP contribution in [0.3, 0.4) is 0 Å². The molecule has 0 amide bonds. The highest BCUT2D eigenvalue weighted by Gasteiger charge is 2.09. The quantitative estimate of drug-likeness (QED) is 0.376. The minimum atomic E-state index is -0.402. The summed E-state index contributed by atoms with van der Waals surface area (Å²) in [6, 6.07) is 6.46. The van der Waals surface area contributed by atoms with Crippen molar-refractivity contribution >= 4 is 23.0 Å². The Balaban J connectivity index is 2.04. The second-order valence-electron chi connectivity index (χ2n) is 5.31. The molecular weight excluding hydrogens is 326 g/mol. The van der Waals surface area contributed by atoms with Crippen LogP contribution >= 0.6 is 11.3 Å². The van der Waals surface area contributed by atoms with E-state index in [4.69, 9.17) is 0 Å². The monoisotopic (exact) mass is 347 g/mol. The van der Waals surface area contributed by atoms with Crippen molar-refractivity contribution in [1.29, 1.82) is 0 Å². The van der Waals surface area contributed by atoms with Crippen LogP contribution in [0, 0.1) is 17.0 Å². The van der Waals surface area contributed by atoms with Crippen LogP contribution in [0.5, 0.6) is 0 Å². The van der Waals surface area contributed by atoms with Crippen molar-refractivity contribution in [2.75, 3.05) is 13.6 Å². The van der Waals surface area contributed by atoms with E-state index in [2.05, 4.69) is 15.3 Å². The van der Waals surface area contributed by atoms with Crippen LogP contribution in [0.2, 0.25) is 0 Å². The summed E-state index contributed by atoms with van der Waals surface area (Å²) >= 11 is 1.63. The lowest BCUT2D eigenvalue weighted by Crippen LogP contribution is -2.38. The molecule has 0 fully saturated rings. The fraction of sp³-hybridized carbons (Fsp3) is 0.375. The van der Waals surface area contributed by atoms with E-state index < -0.39 is 4.92 Å². The molecule has 0 saturated carbocycles. The molecule has 0 aliphatic carbocycles. The molecule has 128 valence electrons. The minimum absolute atomic E-state index is 0.0886. The molecule has 1 N–H and O–H groups in total. The molecule has 7 nitrogen and oxygen atoms in total. The van der Waals surface area contributed by atoms with Gasteiger partial charge < -0.3 is 10.2 Å². The maximum absolute atomic E-state index is 10.7. The van der Waals surface area contributed by atoms with Gasteiger partial charge in [-0.1, -0.05) is 12.1 Å². The molecule has 0 aliphatic heterocycles. The fourth-order valence-corrected chi connectivity index (χ4v) is 2.76. The number of non-ortho nitro benzene ring substituents is 1. The molecule has 8 heteroatoms. The number of hydrogen-bond donors (Lipinski definition) is 1. The van der Waals surface area contributed by atoms with Crippen LogP contribution in [0.1, 0.15) is 23.2 Å². The van der Waals surface area contributed by atoms with E-state index in [0.717, 1.165) is 28.8 Å². The summed E-state index contributed by atoms with van der Waals surface area (Å²) in [6.07, 6.45) is 0. The maximum Gasteiger partial charge on any atom is 0.269 e. The summed E-state index contributed by atoms with van der Waals surface area (Å²) < 4.78 is 0. The van der Waals surface area contributed by atoms with Gasteiger partial charge in [0.2, 0.25) is 0 Å². The molecule has 1 aromatic heterocycles. The molecule has 0 saturated heterocycles. The highest BCUT2D eigenvalue weighted by molar-refractivity contribution is 7.09. The number of aromatic nitrogens is 1. The number of nitro groups is 1. The molecule has 1 aromatic carbocycles. The second kappa shape index (κ2) is 8.39. The first kappa shape index (κ1) is 17.9. The predicted molar refractivity (Wildman–Crippen MR) is 96.2 cm³/mol. The molecule has 0 unspecified atom stereocenters. The van der Waals surface area contributed by atoms with E-state index >= 15 is 0 Å². The lowest BCUT2D eigenvalue weighted by Gasteiger charge is -2.21. The van der Waals surface area contributed by atoms with Crippen LogP contribution in [-0.2, 0) is 13.1 Å². The Hall–Kier alpha value is -2.48. The Kier molecular flexibility index (Phi) is 6.25. The molecular formula is C16H21N5O2S. The number of thiazole rings is 1. The summed E-state index contributed by atoms with van der Waals surface area (Å²) in [5, 5.41) is 17.0. The smallest absolute Gasteiger partial charge is 0.269 e. The van der Waals surface area contributed by atoms with Crippen LogP contribution < -0.4 is 5.32 Å². The third kappa shape index (κ3) is 5.02. The van der Waals surface area contributed by atoms with E-state index in [0.29, 0.717) is 13.1 Å². The van der Waals surface area contributed by atoms with Crippen molar-refractivity contribution in [2.24, 2.45) is 4.99 Å². The fourth-order valence-electron chi connectivity index (χ4n) is 2.16. The van der Waals surface area contributed by atoms with E-state index in [9.17, 15) is 10.1 Å². The Morgan fingerprint density at radius 3 is 2.67 bits per heavy atom. The van der Waals surface area contributed by atoms with Gasteiger partial charge in [0.15, 0.2) is 5.96 Å². The largest absolute Gasteiger partial charge is 0.357 e. The van der Waals surface area contributed by atoms with Gasteiger partial charge in [0, 0.05) is 31.1 Å². The van der Waals surface area contributed by atoms with Crippen molar-refractivity contribution in [3.8, 4) is 0 Å². The molecule has 24 heavy (non-hydrogen) atoms. The van der Waals surface area contributed by atoms with Gasteiger partial charge in [-0.05, 0) is 19.4 Å².